The molecular formula is C16H28N2O2S. The minimum absolute atomic E-state index is 0.224. The summed E-state index contributed by atoms with van der Waals surface area (Å²) in [6.07, 6.45) is 3.37. The van der Waals surface area contributed by atoms with Crippen LogP contribution < -0.4 is 5.32 Å². The molecule has 0 fully saturated rings. The lowest BCUT2D eigenvalue weighted by atomic mass is 10.0. The lowest BCUT2D eigenvalue weighted by Crippen LogP contribution is -2.30. The highest BCUT2D eigenvalue weighted by Gasteiger charge is 2.12. The third kappa shape index (κ3) is 8.19. The molecule has 0 heterocycles. The second-order valence-electron chi connectivity index (χ2n) is 5.64. The third-order valence-corrected chi connectivity index (χ3v) is 4.41. The first-order chi connectivity index (χ1) is 9.92. The van der Waals surface area contributed by atoms with Crippen molar-refractivity contribution in [2.75, 3.05) is 38.7 Å². The molecule has 0 bridgehead atoms. The van der Waals surface area contributed by atoms with Crippen molar-refractivity contribution in [1.29, 1.82) is 0 Å². The fourth-order valence-electron chi connectivity index (χ4n) is 2.17. The quantitative estimate of drug-likeness (QED) is 0.719. The fraction of sp³-hybridized carbons (Fsp3) is 0.625. The topological polar surface area (TPSA) is 49.4 Å². The van der Waals surface area contributed by atoms with Gasteiger partial charge < -0.3 is 10.2 Å². The van der Waals surface area contributed by atoms with Crippen molar-refractivity contribution in [2.45, 2.75) is 25.8 Å². The second-order valence-corrected chi connectivity index (χ2v) is 7.90. The van der Waals surface area contributed by atoms with E-state index in [9.17, 15) is 8.42 Å². The second kappa shape index (κ2) is 9.18. The Kier molecular flexibility index (Phi) is 7.93. The molecule has 1 aromatic carbocycles. The molecule has 1 aromatic rings. The normalized spacial score (nSPS) is 13.5. The average Bonchev–Trinajstić information content (AvgIpc) is 2.45. The first-order valence-electron chi connectivity index (χ1n) is 7.57. The molecule has 21 heavy (non-hydrogen) atoms. The zero-order valence-electron chi connectivity index (χ0n) is 13.4. The van der Waals surface area contributed by atoms with Gasteiger partial charge in [0.25, 0.3) is 0 Å². The number of hydrogen-bond acceptors (Lipinski definition) is 4. The van der Waals surface area contributed by atoms with Crippen molar-refractivity contribution in [2.24, 2.45) is 0 Å². The molecule has 5 heteroatoms. The zero-order chi connectivity index (χ0) is 15.7. The van der Waals surface area contributed by atoms with Gasteiger partial charge in [-0.1, -0.05) is 37.3 Å². The molecule has 120 valence electrons. The lowest BCUT2D eigenvalue weighted by Gasteiger charge is -2.23. The van der Waals surface area contributed by atoms with Crippen molar-refractivity contribution >= 4 is 9.84 Å². The molecule has 0 aliphatic rings. The molecule has 0 aliphatic heterocycles. The number of benzene rings is 1. The van der Waals surface area contributed by atoms with Crippen molar-refractivity contribution in [1.82, 2.24) is 10.2 Å². The summed E-state index contributed by atoms with van der Waals surface area (Å²) in [5.74, 6) is 0.224. The van der Waals surface area contributed by atoms with Gasteiger partial charge in [0.1, 0.15) is 9.84 Å². The lowest BCUT2D eigenvalue weighted by molar-refractivity contribution is 0.322. The number of rotatable bonds is 10. The van der Waals surface area contributed by atoms with Gasteiger partial charge in [0.05, 0.1) is 5.75 Å². The first kappa shape index (κ1) is 18.1. The van der Waals surface area contributed by atoms with Crippen molar-refractivity contribution in [3.8, 4) is 0 Å². The highest BCUT2D eigenvalue weighted by Crippen LogP contribution is 2.16. The van der Waals surface area contributed by atoms with Gasteiger partial charge in [0.15, 0.2) is 0 Å². The molecule has 0 amide bonds. The Morgan fingerprint density at radius 2 is 1.86 bits per heavy atom. The van der Waals surface area contributed by atoms with Crippen LogP contribution in [0.3, 0.4) is 0 Å². The van der Waals surface area contributed by atoms with Gasteiger partial charge in [-0.25, -0.2) is 8.42 Å². The maximum absolute atomic E-state index is 11.2. The van der Waals surface area contributed by atoms with Gasteiger partial charge in [0, 0.05) is 18.8 Å². The summed E-state index contributed by atoms with van der Waals surface area (Å²) >= 11 is 0. The van der Waals surface area contributed by atoms with E-state index in [1.54, 1.807) is 0 Å². The minimum Gasteiger partial charge on any atom is -0.310 e. The predicted molar refractivity (Wildman–Crippen MR) is 89.3 cm³/mol. The highest BCUT2D eigenvalue weighted by atomic mass is 32.2. The number of hydrogen-bond donors (Lipinski definition) is 1. The molecule has 1 N–H and O–H groups in total. The minimum atomic E-state index is -2.88. The summed E-state index contributed by atoms with van der Waals surface area (Å²) in [5.41, 5.74) is 1.29. The van der Waals surface area contributed by atoms with Crippen LogP contribution in [0.25, 0.3) is 0 Å². The Hall–Kier alpha value is -0.910. The smallest absolute Gasteiger partial charge is 0.148 e. The van der Waals surface area contributed by atoms with Crippen molar-refractivity contribution in [3.05, 3.63) is 35.9 Å². The number of nitrogens with zero attached hydrogens (tertiary/aromatic N) is 1. The molecule has 0 aromatic heterocycles. The van der Waals surface area contributed by atoms with E-state index in [0.29, 0.717) is 12.6 Å². The summed E-state index contributed by atoms with van der Waals surface area (Å²) < 4.78 is 22.4. The van der Waals surface area contributed by atoms with Gasteiger partial charge in [-0.3, -0.25) is 0 Å². The SMILES string of the molecule is CCCNC(CCN(C)CCS(C)(=O)=O)c1ccccc1. The highest BCUT2D eigenvalue weighted by molar-refractivity contribution is 7.90. The third-order valence-electron chi connectivity index (χ3n) is 3.49. The van der Waals surface area contributed by atoms with E-state index in [1.807, 2.05) is 13.1 Å². The Morgan fingerprint density at radius 3 is 2.43 bits per heavy atom. The van der Waals surface area contributed by atoms with Crippen LogP contribution in [-0.4, -0.2) is 52.0 Å². The zero-order valence-corrected chi connectivity index (χ0v) is 14.2. The Bertz CT molecular complexity index is 488. The molecule has 0 aliphatic carbocycles. The van der Waals surface area contributed by atoms with Gasteiger partial charge in [0.2, 0.25) is 0 Å². The molecule has 4 nitrogen and oxygen atoms in total. The van der Waals surface area contributed by atoms with Crippen molar-refractivity contribution in [3.63, 3.8) is 0 Å². The molecule has 1 unspecified atom stereocenters. The van der Waals surface area contributed by atoms with Gasteiger partial charge >= 0.3 is 0 Å². The van der Waals surface area contributed by atoms with E-state index < -0.39 is 9.84 Å². The van der Waals surface area contributed by atoms with E-state index in [-0.39, 0.29) is 5.75 Å². The van der Waals surface area contributed by atoms with Crippen LogP contribution >= 0.6 is 0 Å². The number of nitrogens with one attached hydrogen (secondary N) is 1. The largest absolute Gasteiger partial charge is 0.310 e. The summed E-state index contributed by atoms with van der Waals surface area (Å²) in [5, 5.41) is 3.57. The molecule has 0 saturated carbocycles. The summed E-state index contributed by atoms with van der Waals surface area (Å²) in [6.45, 7) is 4.62. The van der Waals surface area contributed by atoms with E-state index in [4.69, 9.17) is 0 Å². The maximum atomic E-state index is 11.2. The summed E-state index contributed by atoms with van der Waals surface area (Å²) in [7, 11) is -0.902. The maximum Gasteiger partial charge on any atom is 0.148 e. The Labute approximate surface area is 129 Å². The average molecular weight is 312 g/mol. The molecule has 1 atom stereocenters. The van der Waals surface area contributed by atoms with Gasteiger partial charge in [-0.05, 0) is 38.5 Å². The first-order valence-corrected chi connectivity index (χ1v) is 9.63. The van der Waals surface area contributed by atoms with E-state index in [1.165, 1.54) is 11.8 Å². The van der Waals surface area contributed by atoms with Crippen LogP contribution in [0.4, 0.5) is 0 Å². The molecule has 1 rings (SSSR count). The van der Waals surface area contributed by atoms with Crippen LogP contribution in [0.1, 0.15) is 31.4 Å². The summed E-state index contributed by atoms with van der Waals surface area (Å²) in [4.78, 5) is 2.09. The Balaban J connectivity index is 2.49. The van der Waals surface area contributed by atoms with Gasteiger partial charge in [-0.2, -0.15) is 0 Å². The standard InChI is InChI=1S/C16H28N2O2S/c1-4-11-17-16(15-8-6-5-7-9-15)10-12-18(2)13-14-21(3,19)20/h5-9,16-17H,4,10-14H2,1-3H3. The van der Waals surface area contributed by atoms with Gasteiger partial charge in [-0.15, -0.1) is 0 Å². The van der Waals surface area contributed by atoms with Crippen LogP contribution in [-0.2, 0) is 9.84 Å². The van der Waals surface area contributed by atoms with Crippen LogP contribution in [0, 0.1) is 0 Å². The van der Waals surface area contributed by atoms with Crippen LogP contribution in [0.15, 0.2) is 30.3 Å². The molecule has 0 saturated heterocycles. The van der Waals surface area contributed by atoms with E-state index >= 15 is 0 Å². The molecule has 0 spiro atoms. The monoisotopic (exact) mass is 312 g/mol. The van der Waals surface area contributed by atoms with E-state index in [0.717, 1.165) is 25.9 Å². The molecular weight excluding hydrogens is 284 g/mol. The Morgan fingerprint density at radius 1 is 1.19 bits per heavy atom. The van der Waals surface area contributed by atoms with E-state index in [2.05, 4.69) is 41.4 Å². The van der Waals surface area contributed by atoms with Crippen LogP contribution in [0.2, 0.25) is 0 Å². The number of sulfone groups is 1. The molecule has 0 radical (unpaired) electrons. The fourth-order valence-corrected chi connectivity index (χ4v) is 2.82. The summed E-state index contributed by atoms with van der Waals surface area (Å²) in [6, 6.07) is 10.8. The van der Waals surface area contributed by atoms with Crippen LogP contribution in [0.5, 0.6) is 0 Å². The predicted octanol–water partition coefficient (Wildman–Crippen LogP) is 2.09. The van der Waals surface area contributed by atoms with Crippen molar-refractivity contribution < 1.29 is 8.42 Å².